The first kappa shape index (κ1) is 16.9. The van der Waals surface area contributed by atoms with Crippen LogP contribution in [0.25, 0.3) is 0 Å². The van der Waals surface area contributed by atoms with E-state index in [9.17, 15) is 4.79 Å². The van der Waals surface area contributed by atoms with E-state index in [0.29, 0.717) is 0 Å². The molecule has 1 rings (SSSR count). The van der Waals surface area contributed by atoms with Crippen LogP contribution in [0.15, 0.2) is 23.1 Å². The van der Waals surface area contributed by atoms with Crippen molar-refractivity contribution in [1.82, 2.24) is 0 Å². The van der Waals surface area contributed by atoms with Crippen LogP contribution in [0.2, 0.25) is 0 Å². The topological polar surface area (TPSA) is 38.3 Å². The Kier molecular flexibility index (Phi) is 7.52. The molecule has 4 heteroatoms. The number of anilines is 1. The molecular weight excluding hydrogens is 270 g/mol. The number of thiol groups is 1. The number of benzene rings is 1. The van der Waals surface area contributed by atoms with Gasteiger partial charge in [0, 0.05) is 10.6 Å². The summed E-state index contributed by atoms with van der Waals surface area (Å²) in [4.78, 5) is 12.8. The lowest BCUT2D eigenvalue weighted by Crippen LogP contribution is -2.22. The summed E-state index contributed by atoms with van der Waals surface area (Å²) >= 11 is 4.34. The van der Waals surface area contributed by atoms with Gasteiger partial charge in [0.2, 0.25) is 0 Å². The van der Waals surface area contributed by atoms with Gasteiger partial charge in [-0.15, -0.1) is 12.6 Å². The predicted molar refractivity (Wildman–Crippen MR) is 86.8 cm³/mol. The van der Waals surface area contributed by atoms with Gasteiger partial charge in [-0.3, -0.25) is 5.32 Å². The highest BCUT2D eigenvalue weighted by Gasteiger charge is 2.13. The van der Waals surface area contributed by atoms with Crippen molar-refractivity contribution >= 4 is 24.4 Å². The molecule has 3 nitrogen and oxygen atoms in total. The number of hydrogen-bond donors (Lipinski definition) is 2. The molecule has 0 radical (unpaired) electrons. The maximum absolute atomic E-state index is 11.9. The molecule has 0 saturated heterocycles. The van der Waals surface area contributed by atoms with Gasteiger partial charge in [-0.25, -0.2) is 4.79 Å². The Morgan fingerprint density at radius 1 is 1.35 bits per heavy atom. The van der Waals surface area contributed by atoms with Gasteiger partial charge in [0.05, 0.1) is 0 Å². The van der Waals surface area contributed by atoms with Crippen molar-refractivity contribution in [3.05, 3.63) is 23.8 Å². The maximum atomic E-state index is 11.9. The molecule has 0 spiro atoms. The van der Waals surface area contributed by atoms with Crippen molar-refractivity contribution in [3.63, 3.8) is 0 Å². The minimum absolute atomic E-state index is 0.000963. The molecule has 0 aromatic heterocycles. The van der Waals surface area contributed by atoms with E-state index in [-0.39, 0.29) is 12.2 Å². The Morgan fingerprint density at radius 3 is 2.75 bits per heavy atom. The Hall–Kier alpha value is -1.16. The van der Waals surface area contributed by atoms with Crippen LogP contribution in [0.1, 0.15) is 51.5 Å². The molecule has 0 aliphatic rings. The summed E-state index contributed by atoms with van der Waals surface area (Å²) in [6.45, 7) is 6.14. The predicted octanol–water partition coefficient (Wildman–Crippen LogP) is 5.19. The van der Waals surface area contributed by atoms with Crippen LogP contribution in [0.3, 0.4) is 0 Å². The first-order chi connectivity index (χ1) is 9.58. The van der Waals surface area contributed by atoms with Gasteiger partial charge in [-0.2, -0.15) is 0 Å². The first-order valence-electron chi connectivity index (χ1n) is 7.34. The Balaban J connectivity index is 2.51. The lowest BCUT2D eigenvalue weighted by molar-refractivity contribution is 0.101. The SMILES string of the molecule is CCCCCC(CC)OC(=O)Nc1cccc(S)c1C. The Labute approximate surface area is 127 Å². The molecule has 0 saturated carbocycles. The molecular formula is C16H25NO2S. The fourth-order valence-corrected chi connectivity index (χ4v) is 2.22. The van der Waals surface area contributed by atoms with E-state index in [1.807, 2.05) is 32.0 Å². The summed E-state index contributed by atoms with van der Waals surface area (Å²) in [5.41, 5.74) is 1.71. The number of rotatable bonds is 7. The van der Waals surface area contributed by atoms with Crippen LogP contribution in [-0.2, 0) is 4.74 Å². The van der Waals surface area contributed by atoms with Crippen LogP contribution in [0.4, 0.5) is 10.5 Å². The van der Waals surface area contributed by atoms with Crippen molar-refractivity contribution in [1.29, 1.82) is 0 Å². The zero-order valence-corrected chi connectivity index (χ0v) is 13.5. The van der Waals surface area contributed by atoms with Gasteiger partial charge in [0.25, 0.3) is 0 Å². The average Bonchev–Trinajstić information content (AvgIpc) is 2.43. The molecule has 0 aliphatic heterocycles. The van der Waals surface area contributed by atoms with Crippen LogP contribution >= 0.6 is 12.6 Å². The fraction of sp³-hybridized carbons (Fsp3) is 0.562. The lowest BCUT2D eigenvalue weighted by atomic mass is 10.1. The van der Waals surface area contributed by atoms with Crippen molar-refractivity contribution in [3.8, 4) is 0 Å². The largest absolute Gasteiger partial charge is 0.446 e. The van der Waals surface area contributed by atoms with Crippen LogP contribution < -0.4 is 5.32 Å². The van der Waals surface area contributed by atoms with Gasteiger partial charge in [0.1, 0.15) is 6.10 Å². The quantitative estimate of drug-likeness (QED) is 0.536. The van der Waals surface area contributed by atoms with E-state index in [4.69, 9.17) is 4.74 Å². The van der Waals surface area contributed by atoms with Gasteiger partial charge in [-0.05, 0) is 43.9 Å². The van der Waals surface area contributed by atoms with E-state index < -0.39 is 0 Å². The van der Waals surface area contributed by atoms with Crippen molar-refractivity contribution in [2.75, 3.05) is 5.32 Å². The highest BCUT2D eigenvalue weighted by atomic mass is 32.1. The second kappa shape index (κ2) is 8.90. The third-order valence-corrected chi connectivity index (χ3v) is 3.89. The maximum Gasteiger partial charge on any atom is 0.411 e. The number of nitrogens with one attached hydrogen (secondary N) is 1. The summed E-state index contributed by atoms with van der Waals surface area (Å²) in [6, 6.07) is 5.62. The van der Waals surface area contributed by atoms with Crippen LogP contribution in [-0.4, -0.2) is 12.2 Å². The number of ether oxygens (including phenoxy) is 1. The van der Waals surface area contributed by atoms with E-state index >= 15 is 0 Å². The number of carbonyl (C=O) groups is 1. The molecule has 112 valence electrons. The second-order valence-electron chi connectivity index (χ2n) is 5.01. The Morgan fingerprint density at radius 2 is 2.10 bits per heavy atom. The van der Waals surface area contributed by atoms with Crippen molar-refractivity contribution in [2.24, 2.45) is 0 Å². The minimum Gasteiger partial charge on any atom is -0.446 e. The molecule has 1 N–H and O–H groups in total. The van der Waals surface area contributed by atoms with E-state index in [2.05, 4.69) is 24.9 Å². The molecule has 1 aromatic rings. The standard InChI is InChI=1S/C16H25NO2S/c1-4-6-7-9-13(5-2)19-16(18)17-14-10-8-11-15(20)12(14)3/h8,10-11,13,20H,4-7,9H2,1-3H3,(H,17,18). The second-order valence-corrected chi connectivity index (χ2v) is 5.49. The van der Waals surface area contributed by atoms with Gasteiger partial charge in [0.15, 0.2) is 0 Å². The molecule has 20 heavy (non-hydrogen) atoms. The van der Waals surface area contributed by atoms with Gasteiger partial charge in [-0.1, -0.05) is 32.8 Å². The van der Waals surface area contributed by atoms with Crippen molar-refractivity contribution < 1.29 is 9.53 Å². The molecule has 0 heterocycles. The minimum atomic E-state index is -0.379. The number of amides is 1. The number of carbonyl (C=O) groups excluding carboxylic acids is 1. The van der Waals surface area contributed by atoms with Crippen molar-refractivity contribution in [2.45, 2.75) is 63.9 Å². The zero-order chi connectivity index (χ0) is 15.0. The summed E-state index contributed by atoms with van der Waals surface area (Å²) in [7, 11) is 0. The third-order valence-electron chi connectivity index (χ3n) is 3.40. The monoisotopic (exact) mass is 295 g/mol. The Bertz CT molecular complexity index is 434. The fourth-order valence-electron chi connectivity index (χ4n) is 2.02. The van der Waals surface area contributed by atoms with Crippen LogP contribution in [0, 0.1) is 6.92 Å². The molecule has 1 aromatic carbocycles. The molecule has 0 bridgehead atoms. The number of hydrogen-bond acceptors (Lipinski definition) is 3. The highest BCUT2D eigenvalue weighted by molar-refractivity contribution is 7.80. The van der Waals surface area contributed by atoms with E-state index in [1.54, 1.807) is 0 Å². The van der Waals surface area contributed by atoms with Crippen LogP contribution in [0.5, 0.6) is 0 Å². The summed E-state index contributed by atoms with van der Waals surface area (Å²) in [5.74, 6) is 0. The van der Waals surface area contributed by atoms with E-state index in [1.165, 1.54) is 12.8 Å². The summed E-state index contributed by atoms with van der Waals surface area (Å²) < 4.78 is 5.47. The first-order valence-corrected chi connectivity index (χ1v) is 7.79. The summed E-state index contributed by atoms with van der Waals surface area (Å²) in [6.07, 6.45) is 4.87. The average molecular weight is 295 g/mol. The zero-order valence-electron chi connectivity index (χ0n) is 12.6. The molecule has 1 atom stereocenters. The summed E-state index contributed by atoms with van der Waals surface area (Å²) in [5, 5.41) is 2.80. The molecule has 0 aliphatic carbocycles. The number of unbranched alkanes of at least 4 members (excludes halogenated alkanes) is 2. The normalized spacial score (nSPS) is 12.0. The van der Waals surface area contributed by atoms with E-state index in [0.717, 1.165) is 35.4 Å². The molecule has 1 amide bonds. The van der Waals surface area contributed by atoms with Gasteiger partial charge < -0.3 is 4.74 Å². The lowest BCUT2D eigenvalue weighted by Gasteiger charge is -2.17. The molecule has 0 fully saturated rings. The smallest absolute Gasteiger partial charge is 0.411 e. The molecule has 1 unspecified atom stereocenters. The van der Waals surface area contributed by atoms with Gasteiger partial charge >= 0.3 is 6.09 Å². The highest BCUT2D eigenvalue weighted by Crippen LogP contribution is 2.22. The third kappa shape index (κ3) is 5.45.